The van der Waals surface area contributed by atoms with Crippen LogP contribution < -0.4 is 5.32 Å². The second-order valence-electron chi connectivity index (χ2n) is 2.22. The zero-order valence-electron chi connectivity index (χ0n) is 5.51. The van der Waals surface area contributed by atoms with E-state index < -0.39 is 18.2 Å². The molecule has 0 radical (unpaired) electrons. The number of carbonyl (C=O) groups excluding carboxylic acids is 1. The Hall–Kier alpha value is -0.610. The highest BCUT2D eigenvalue weighted by Gasteiger charge is 2.22. The lowest BCUT2D eigenvalue weighted by Gasteiger charge is -2.14. The van der Waals surface area contributed by atoms with Crippen molar-refractivity contribution in [3.05, 3.63) is 0 Å². The smallest absolute Gasteiger partial charge is 0.253 e. The maximum absolute atomic E-state index is 10.5. The van der Waals surface area contributed by atoms with E-state index in [0.29, 0.717) is 0 Å². The highest BCUT2D eigenvalue weighted by Crippen LogP contribution is 1.98. The quantitative estimate of drug-likeness (QED) is 0.415. The number of nitrogens with one attached hydrogen (secondary N) is 1. The Bertz CT molecular complexity index is 105. The van der Waals surface area contributed by atoms with Crippen LogP contribution in [0.5, 0.6) is 0 Å². The van der Waals surface area contributed by atoms with Crippen LogP contribution in [0.15, 0.2) is 0 Å². The molecule has 0 saturated carbocycles. The molecule has 0 aliphatic carbocycles. The predicted molar refractivity (Wildman–Crippen MR) is 31.5 cm³/mol. The van der Waals surface area contributed by atoms with Crippen molar-refractivity contribution < 1.29 is 15.0 Å². The fraction of sp³-hybridized carbons (Fsp3) is 0.800. The number of rotatable bonds is 2. The van der Waals surface area contributed by atoms with E-state index >= 15 is 0 Å². The first kappa shape index (κ1) is 8.39. The molecule has 0 aromatic heterocycles. The minimum Gasteiger partial charge on any atom is -0.381 e. The molecule has 0 aromatic carbocycles. The Morgan fingerprint density at radius 3 is 2.22 bits per heavy atom. The van der Waals surface area contributed by atoms with Crippen molar-refractivity contribution in [2.45, 2.75) is 19.4 Å². The first-order valence-electron chi connectivity index (χ1n) is 2.60. The molecule has 0 saturated heterocycles. The fourth-order valence-electron chi connectivity index (χ4n) is 0.288. The Morgan fingerprint density at radius 1 is 1.67 bits per heavy atom. The molecule has 0 spiro atoms. The largest absolute Gasteiger partial charge is 0.381 e. The van der Waals surface area contributed by atoms with Crippen molar-refractivity contribution in [1.82, 2.24) is 5.32 Å². The first-order chi connectivity index (χ1) is 3.98. The molecule has 0 atom stereocenters. The summed E-state index contributed by atoms with van der Waals surface area (Å²) in [6, 6.07) is 0. The molecule has 0 heterocycles. The van der Waals surface area contributed by atoms with Crippen LogP contribution in [0, 0.1) is 0 Å². The molecule has 0 bridgehead atoms. The summed E-state index contributed by atoms with van der Waals surface area (Å²) in [6.45, 7) is 2.25. The molecule has 0 aliphatic heterocycles. The van der Waals surface area contributed by atoms with Crippen molar-refractivity contribution in [1.29, 1.82) is 0 Å². The number of hydrogen-bond acceptors (Lipinski definition) is 3. The molecule has 3 N–H and O–H groups in total. The van der Waals surface area contributed by atoms with Gasteiger partial charge in [-0.1, -0.05) is 0 Å². The Labute approximate surface area is 53.5 Å². The van der Waals surface area contributed by atoms with Gasteiger partial charge in [0.15, 0.2) is 0 Å². The number of hydrogen-bond donors (Lipinski definition) is 3. The van der Waals surface area contributed by atoms with Crippen molar-refractivity contribution in [3.8, 4) is 0 Å². The highest BCUT2D eigenvalue weighted by atomic mass is 16.3. The lowest BCUT2D eigenvalue weighted by atomic mass is 10.1. The molecule has 9 heavy (non-hydrogen) atoms. The van der Waals surface area contributed by atoms with Gasteiger partial charge in [-0.3, -0.25) is 4.79 Å². The van der Waals surface area contributed by atoms with Crippen LogP contribution in [-0.2, 0) is 4.79 Å². The van der Waals surface area contributed by atoms with E-state index in [1.54, 1.807) is 0 Å². The van der Waals surface area contributed by atoms with Gasteiger partial charge in [0.25, 0.3) is 5.91 Å². The summed E-state index contributed by atoms with van der Waals surface area (Å²) < 4.78 is 0. The second kappa shape index (κ2) is 2.80. The second-order valence-corrected chi connectivity index (χ2v) is 2.22. The van der Waals surface area contributed by atoms with Crippen molar-refractivity contribution in [2.24, 2.45) is 0 Å². The molecule has 54 valence electrons. The normalized spacial score (nSPS) is 11.1. The van der Waals surface area contributed by atoms with Crippen LogP contribution in [0.2, 0.25) is 0 Å². The average Bonchev–Trinajstić information content (AvgIpc) is 1.64. The highest BCUT2D eigenvalue weighted by molar-refractivity contribution is 5.83. The topological polar surface area (TPSA) is 69.6 Å². The monoisotopic (exact) mass is 133 g/mol. The van der Waals surface area contributed by atoms with E-state index in [1.807, 2.05) is 0 Å². The number of amides is 1. The maximum atomic E-state index is 10.5. The third-order valence-corrected chi connectivity index (χ3v) is 0.795. The molecule has 0 unspecified atom stereocenters. The van der Waals surface area contributed by atoms with Gasteiger partial charge in [-0.15, -0.1) is 0 Å². The number of carbonyl (C=O) groups is 1. The van der Waals surface area contributed by atoms with Crippen LogP contribution >= 0.6 is 0 Å². The van der Waals surface area contributed by atoms with E-state index in [9.17, 15) is 4.79 Å². The minimum atomic E-state index is -1.40. The van der Waals surface area contributed by atoms with Crippen LogP contribution in [0.25, 0.3) is 0 Å². The van der Waals surface area contributed by atoms with Crippen LogP contribution in [-0.4, -0.2) is 28.5 Å². The summed E-state index contributed by atoms with van der Waals surface area (Å²) in [5.41, 5.74) is -1.40. The van der Waals surface area contributed by atoms with Gasteiger partial charge in [-0.2, -0.15) is 0 Å². The molecular formula is C5H11NO3. The predicted octanol–water partition coefficient (Wildman–Crippen LogP) is -1.18. The van der Waals surface area contributed by atoms with Gasteiger partial charge in [0, 0.05) is 0 Å². The van der Waals surface area contributed by atoms with Crippen molar-refractivity contribution >= 4 is 5.91 Å². The van der Waals surface area contributed by atoms with Crippen molar-refractivity contribution in [2.75, 3.05) is 6.73 Å². The van der Waals surface area contributed by atoms with Gasteiger partial charge in [0.2, 0.25) is 0 Å². The summed E-state index contributed by atoms with van der Waals surface area (Å²) in [7, 11) is 0. The van der Waals surface area contributed by atoms with Crippen LogP contribution in [0.3, 0.4) is 0 Å². The average molecular weight is 133 g/mol. The third kappa shape index (κ3) is 3.05. The van der Waals surface area contributed by atoms with Gasteiger partial charge in [0.05, 0.1) is 0 Å². The van der Waals surface area contributed by atoms with Gasteiger partial charge < -0.3 is 15.5 Å². The van der Waals surface area contributed by atoms with Gasteiger partial charge in [-0.05, 0) is 13.8 Å². The van der Waals surface area contributed by atoms with Gasteiger partial charge in [-0.25, -0.2) is 0 Å². The summed E-state index contributed by atoms with van der Waals surface area (Å²) in [5, 5.41) is 19.1. The van der Waals surface area contributed by atoms with Crippen molar-refractivity contribution in [3.63, 3.8) is 0 Å². The van der Waals surface area contributed by atoms with Crippen LogP contribution in [0.4, 0.5) is 0 Å². The standard InChI is InChI=1S/C5H11NO3/c1-5(2,9)4(8)6-3-7/h7,9H,3H2,1-2H3,(H,6,8). The van der Waals surface area contributed by atoms with E-state index in [4.69, 9.17) is 10.2 Å². The maximum Gasteiger partial charge on any atom is 0.253 e. The molecule has 0 aliphatic rings. The molecule has 4 nitrogen and oxygen atoms in total. The van der Waals surface area contributed by atoms with Gasteiger partial charge >= 0.3 is 0 Å². The zero-order chi connectivity index (χ0) is 7.49. The van der Waals surface area contributed by atoms with E-state index in [-0.39, 0.29) is 0 Å². The molecular weight excluding hydrogens is 122 g/mol. The summed E-state index contributed by atoms with van der Waals surface area (Å²) in [4.78, 5) is 10.5. The lowest BCUT2D eigenvalue weighted by Crippen LogP contribution is -2.42. The lowest BCUT2D eigenvalue weighted by molar-refractivity contribution is -0.137. The molecule has 0 fully saturated rings. The van der Waals surface area contributed by atoms with Gasteiger partial charge in [0.1, 0.15) is 12.3 Å². The molecule has 0 rings (SSSR count). The van der Waals surface area contributed by atoms with E-state index in [2.05, 4.69) is 5.32 Å². The molecule has 1 amide bonds. The first-order valence-corrected chi connectivity index (χ1v) is 2.60. The summed E-state index contributed by atoms with van der Waals surface area (Å²) in [6.07, 6.45) is 0. The Morgan fingerprint density at radius 2 is 2.11 bits per heavy atom. The summed E-state index contributed by atoms with van der Waals surface area (Å²) >= 11 is 0. The summed E-state index contributed by atoms with van der Waals surface area (Å²) in [5.74, 6) is -0.579. The Balaban J connectivity index is 3.74. The third-order valence-electron chi connectivity index (χ3n) is 0.795. The number of aliphatic hydroxyl groups is 2. The fourth-order valence-corrected chi connectivity index (χ4v) is 0.288. The SMILES string of the molecule is CC(C)(O)C(=O)NCO. The molecule has 0 aromatic rings. The van der Waals surface area contributed by atoms with Crippen LogP contribution in [0.1, 0.15) is 13.8 Å². The molecule has 4 heteroatoms. The number of aliphatic hydroxyl groups excluding tert-OH is 1. The van der Waals surface area contributed by atoms with E-state index in [1.165, 1.54) is 13.8 Å². The van der Waals surface area contributed by atoms with E-state index in [0.717, 1.165) is 0 Å². The Kier molecular flexibility index (Phi) is 2.61. The zero-order valence-corrected chi connectivity index (χ0v) is 5.51. The minimum absolute atomic E-state index is 0.442.